The number of hydrogen-bond acceptors (Lipinski definition) is 2. The van der Waals surface area contributed by atoms with Crippen molar-refractivity contribution in [3.8, 4) is 0 Å². The molecule has 1 aliphatic heterocycles. The smallest absolute Gasteiger partial charge is 0.226 e. The molecule has 1 heterocycles. The van der Waals surface area contributed by atoms with E-state index in [2.05, 4.69) is 0 Å². The van der Waals surface area contributed by atoms with E-state index in [0.29, 0.717) is 42.7 Å². The van der Waals surface area contributed by atoms with Gasteiger partial charge in [0.1, 0.15) is 0 Å². The van der Waals surface area contributed by atoms with Crippen molar-refractivity contribution in [2.45, 2.75) is 31.8 Å². The molecule has 0 bridgehead atoms. The molecule has 0 N–H and O–H groups in total. The zero-order valence-electron chi connectivity index (χ0n) is 10.1. The van der Waals surface area contributed by atoms with Gasteiger partial charge in [-0.25, -0.2) is 0 Å². The number of carbonyl (C=O) groups is 1. The summed E-state index contributed by atoms with van der Waals surface area (Å²) >= 11 is 5.80. The molecule has 3 atom stereocenters. The van der Waals surface area contributed by atoms with Crippen molar-refractivity contribution < 1.29 is 9.53 Å². The summed E-state index contributed by atoms with van der Waals surface area (Å²) < 4.78 is 5.50. The van der Waals surface area contributed by atoms with E-state index in [0.717, 1.165) is 6.54 Å². The van der Waals surface area contributed by atoms with Gasteiger partial charge in [0.2, 0.25) is 5.91 Å². The van der Waals surface area contributed by atoms with Gasteiger partial charge in [-0.3, -0.25) is 4.79 Å². The highest BCUT2D eigenvalue weighted by molar-refractivity contribution is 6.18. The topological polar surface area (TPSA) is 29.5 Å². The molecule has 3 fully saturated rings. The Hall–Kier alpha value is -0.280. The van der Waals surface area contributed by atoms with Crippen LogP contribution in [-0.4, -0.2) is 42.5 Å². The molecule has 3 unspecified atom stereocenters. The van der Waals surface area contributed by atoms with Crippen LogP contribution in [0.1, 0.15) is 25.7 Å². The van der Waals surface area contributed by atoms with Gasteiger partial charge in [-0.05, 0) is 24.7 Å². The van der Waals surface area contributed by atoms with Crippen LogP contribution < -0.4 is 0 Å². The van der Waals surface area contributed by atoms with Gasteiger partial charge in [-0.2, -0.15) is 0 Å². The van der Waals surface area contributed by atoms with Gasteiger partial charge in [-0.1, -0.05) is 12.8 Å². The molecular formula is C13H20ClNO2. The third-order valence-electron chi connectivity index (χ3n) is 4.56. The molecule has 0 aromatic rings. The van der Waals surface area contributed by atoms with Crippen molar-refractivity contribution in [1.82, 2.24) is 4.90 Å². The van der Waals surface area contributed by atoms with E-state index in [-0.39, 0.29) is 6.10 Å². The Balaban J connectivity index is 1.59. The molecule has 2 saturated carbocycles. The minimum absolute atomic E-state index is 0.0372. The lowest BCUT2D eigenvalue weighted by Gasteiger charge is -2.32. The highest BCUT2D eigenvalue weighted by atomic mass is 35.5. The third-order valence-corrected chi connectivity index (χ3v) is 4.91. The minimum Gasteiger partial charge on any atom is -0.373 e. The second-order valence-corrected chi connectivity index (χ2v) is 5.88. The summed E-state index contributed by atoms with van der Waals surface area (Å²) in [6, 6.07) is 0. The van der Waals surface area contributed by atoms with Gasteiger partial charge < -0.3 is 9.64 Å². The Morgan fingerprint density at radius 1 is 1.29 bits per heavy atom. The number of hydrogen-bond donors (Lipinski definition) is 0. The average molecular weight is 258 g/mol. The fourth-order valence-corrected chi connectivity index (χ4v) is 3.77. The quantitative estimate of drug-likeness (QED) is 0.707. The summed E-state index contributed by atoms with van der Waals surface area (Å²) in [6.07, 6.45) is 5.21. The predicted molar refractivity (Wildman–Crippen MR) is 66.0 cm³/mol. The van der Waals surface area contributed by atoms with Crippen molar-refractivity contribution in [3.05, 3.63) is 0 Å². The third kappa shape index (κ3) is 2.19. The van der Waals surface area contributed by atoms with Gasteiger partial charge >= 0.3 is 0 Å². The monoisotopic (exact) mass is 257 g/mol. The molecule has 1 saturated heterocycles. The normalized spacial score (nSPS) is 40.9. The Labute approximate surface area is 107 Å². The summed E-state index contributed by atoms with van der Waals surface area (Å²) in [7, 11) is 0. The first-order valence-electron chi connectivity index (χ1n) is 6.77. The van der Waals surface area contributed by atoms with Gasteiger partial charge in [0.05, 0.1) is 18.6 Å². The second kappa shape index (κ2) is 4.77. The largest absolute Gasteiger partial charge is 0.373 e. The zero-order valence-corrected chi connectivity index (χ0v) is 10.9. The first-order chi connectivity index (χ1) is 8.31. The van der Waals surface area contributed by atoms with Crippen molar-refractivity contribution >= 4 is 17.5 Å². The fraction of sp³-hybridized carbons (Fsp3) is 0.923. The van der Waals surface area contributed by atoms with Crippen LogP contribution in [0.25, 0.3) is 0 Å². The first-order valence-corrected chi connectivity index (χ1v) is 7.31. The van der Waals surface area contributed by atoms with E-state index in [1.165, 1.54) is 25.7 Å². The Kier molecular flexibility index (Phi) is 3.31. The summed E-state index contributed by atoms with van der Waals surface area (Å²) in [5.74, 6) is 2.61. The van der Waals surface area contributed by atoms with Gasteiger partial charge in [0.15, 0.2) is 0 Å². The van der Waals surface area contributed by atoms with Crippen molar-refractivity contribution in [1.29, 1.82) is 0 Å². The lowest BCUT2D eigenvalue weighted by molar-refractivity contribution is -0.140. The molecule has 17 heavy (non-hydrogen) atoms. The molecule has 0 aromatic carbocycles. The average Bonchev–Trinajstić information content (AvgIpc) is 3.12. The number of alkyl halides is 1. The number of nitrogens with zero attached hydrogens (tertiary/aromatic N) is 1. The molecule has 3 aliphatic rings. The van der Waals surface area contributed by atoms with Crippen LogP contribution in [0, 0.1) is 17.8 Å². The Morgan fingerprint density at radius 3 is 2.65 bits per heavy atom. The zero-order chi connectivity index (χ0) is 11.8. The van der Waals surface area contributed by atoms with Gasteiger partial charge in [-0.15, -0.1) is 11.6 Å². The molecule has 1 amide bonds. The Bertz CT molecular complexity index is 298. The highest BCUT2D eigenvalue weighted by Crippen LogP contribution is 2.56. The first kappa shape index (κ1) is 11.8. The van der Waals surface area contributed by atoms with Crippen molar-refractivity contribution in [2.24, 2.45) is 17.8 Å². The van der Waals surface area contributed by atoms with Crippen LogP contribution in [-0.2, 0) is 9.53 Å². The van der Waals surface area contributed by atoms with E-state index < -0.39 is 0 Å². The van der Waals surface area contributed by atoms with Crippen LogP contribution in [0.3, 0.4) is 0 Å². The predicted octanol–water partition coefficient (Wildman–Crippen LogP) is 1.89. The summed E-state index contributed by atoms with van der Waals surface area (Å²) in [5, 5.41) is 0. The molecule has 96 valence electrons. The van der Waals surface area contributed by atoms with Crippen molar-refractivity contribution in [3.63, 3.8) is 0 Å². The number of ether oxygens (including phenoxy) is 1. The lowest BCUT2D eigenvalue weighted by Crippen LogP contribution is -2.47. The molecule has 3 nitrogen and oxygen atoms in total. The minimum atomic E-state index is 0.0372. The van der Waals surface area contributed by atoms with E-state index in [9.17, 15) is 4.79 Å². The number of rotatable bonds is 2. The Morgan fingerprint density at radius 2 is 2.00 bits per heavy atom. The molecule has 0 aromatic heterocycles. The fourth-order valence-electron chi connectivity index (χ4n) is 3.58. The van der Waals surface area contributed by atoms with Crippen LogP contribution >= 0.6 is 11.6 Å². The summed E-state index contributed by atoms with van der Waals surface area (Å²) in [4.78, 5) is 14.4. The molecule has 0 spiro atoms. The molecule has 4 heteroatoms. The number of halogens is 1. The maximum atomic E-state index is 12.4. The number of morpholine rings is 1. The number of amides is 1. The van der Waals surface area contributed by atoms with E-state index in [1.54, 1.807) is 0 Å². The van der Waals surface area contributed by atoms with E-state index >= 15 is 0 Å². The van der Waals surface area contributed by atoms with Gasteiger partial charge in [0.25, 0.3) is 0 Å². The van der Waals surface area contributed by atoms with E-state index in [4.69, 9.17) is 16.3 Å². The van der Waals surface area contributed by atoms with Crippen LogP contribution in [0.2, 0.25) is 0 Å². The molecule has 2 aliphatic carbocycles. The summed E-state index contributed by atoms with van der Waals surface area (Å²) in [5.41, 5.74) is 0. The van der Waals surface area contributed by atoms with Crippen LogP contribution in [0.15, 0.2) is 0 Å². The number of fused-ring (bicyclic) bond motifs is 1. The molecular weight excluding hydrogens is 238 g/mol. The maximum absolute atomic E-state index is 12.4. The second-order valence-electron chi connectivity index (χ2n) is 5.57. The molecule has 3 rings (SSSR count). The maximum Gasteiger partial charge on any atom is 0.226 e. The highest BCUT2D eigenvalue weighted by Gasteiger charge is 2.55. The number of carbonyl (C=O) groups excluding carboxylic acids is 1. The SMILES string of the molecule is O=C(C1C2CCCCC21)N1CCOC(CCl)C1. The van der Waals surface area contributed by atoms with Crippen LogP contribution in [0.4, 0.5) is 0 Å². The molecule has 0 radical (unpaired) electrons. The van der Waals surface area contributed by atoms with Gasteiger partial charge in [0, 0.05) is 19.0 Å². The standard InChI is InChI=1S/C13H20ClNO2/c14-7-9-8-15(5-6-17-9)13(16)12-10-3-1-2-4-11(10)12/h9-12H,1-8H2. The summed E-state index contributed by atoms with van der Waals surface area (Å²) in [6.45, 7) is 2.09. The van der Waals surface area contributed by atoms with Crippen molar-refractivity contribution in [2.75, 3.05) is 25.6 Å². The van der Waals surface area contributed by atoms with E-state index in [1.807, 2.05) is 4.90 Å². The lowest BCUT2D eigenvalue weighted by atomic mass is 10.0. The van der Waals surface area contributed by atoms with Crippen LogP contribution in [0.5, 0.6) is 0 Å².